The largest absolute Gasteiger partial charge is 0.414 e. The molecule has 1 fully saturated rings. The summed E-state index contributed by atoms with van der Waals surface area (Å²) in [4.78, 5) is 27.2. The summed E-state index contributed by atoms with van der Waals surface area (Å²) in [7, 11) is -2.17. The molecule has 1 aromatic rings. The minimum absolute atomic E-state index is 0.122. The van der Waals surface area contributed by atoms with E-state index >= 15 is 0 Å². The Balaban J connectivity index is 1.77. The van der Waals surface area contributed by atoms with Crippen molar-refractivity contribution in [2.75, 3.05) is 13.1 Å². The highest BCUT2D eigenvalue weighted by molar-refractivity contribution is 7.83. The van der Waals surface area contributed by atoms with E-state index in [0.29, 0.717) is 25.3 Å². The Hall–Kier alpha value is -2.25. The zero-order valence-corrected chi connectivity index (χ0v) is 21.9. The van der Waals surface area contributed by atoms with E-state index in [1.54, 1.807) is 0 Å². The molecule has 0 heterocycles. The van der Waals surface area contributed by atoms with Gasteiger partial charge < -0.3 is 16.0 Å². The van der Waals surface area contributed by atoms with E-state index in [1.165, 1.54) is 6.42 Å². The third-order valence-corrected chi connectivity index (χ3v) is 7.18. The molecule has 2 unspecified atom stereocenters. The first kappa shape index (κ1) is 31.0. The number of halogens is 4. The van der Waals surface area contributed by atoms with Gasteiger partial charge in [-0.05, 0) is 60.7 Å². The number of carbonyl (C=O) groups excluding carboxylic acids is 2. The third kappa shape index (κ3) is 10.6. The van der Waals surface area contributed by atoms with Gasteiger partial charge in [0.15, 0.2) is 0 Å². The van der Waals surface area contributed by atoms with E-state index < -0.39 is 39.4 Å². The summed E-state index contributed by atoms with van der Waals surface area (Å²) in [5.74, 6) is -1.19. The van der Waals surface area contributed by atoms with Gasteiger partial charge in [-0.1, -0.05) is 33.1 Å². The molecule has 0 bridgehead atoms. The van der Waals surface area contributed by atoms with E-state index in [2.05, 4.69) is 25.6 Å². The second-order valence-corrected chi connectivity index (χ2v) is 10.8. The summed E-state index contributed by atoms with van der Waals surface area (Å²) in [5.41, 5.74) is -1.18. The lowest BCUT2D eigenvalue weighted by molar-refractivity contribution is -0.365. The van der Waals surface area contributed by atoms with Gasteiger partial charge in [0.25, 0.3) is 0 Å². The molecule has 0 aliphatic heterocycles. The van der Waals surface area contributed by atoms with Crippen LogP contribution in [-0.4, -0.2) is 41.3 Å². The third-order valence-electron chi connectivity index (χ3n) is 5.96. The van der Waals surface area contributed by atoms with Crippen molar-refractivity contribution in [3.63, 3.8) is 0 Å². The average molecular weight is 553 g/mol. The van der Waals surface area contributed by atoms with Crippen molar-refractivity contribution in [1.29, 1.82) is 0 Å². The number of hydrogen-bond acceptors (Lipinski definition) is 4. The van der Waals surface area contributed by atoms with Gasteiger partial charge in [0.2, 0.25) is 5.91 Å². The molecular weight excluding hydrogens is 516 g/mol. The van der Waals surface area contributed by atoms with Gasteiger partial charge in [-0.15, -0.1) is 4.94 Å². The van der Waals surface area contributed by atoms with E-state index in [0.717, 1.165) is 37.8 Å². The highest BCUT2D eigenvalue weighted by Gasteiger charge is 2.38. The summed E-state index contributed by atoms with van der Waals surface area (Å²) in [5, 5.41) is 8.48. The van der Waals surface area contributed by atoms with E-state index in [4.69, 9.17) is 0 Å². The number of amides is 3. The van der Waals surface area contributed by atoms with Gasteiger partial charge in [-0.3, -0.25) is 4.79 Å². The first-order valence-electron chi connectivity index (χ1n) is 12.5. The van der Waals surface area contributed by atoms with Crippen molar-refractivity contribution >= 4 is 22.9 Å². The summed E-state index contributed by atoms with van der Waals surface area (Å²) in [6, 6.07) is 1.14. The molecule has 1 aliphatic carbocycles. The maximum absolute atomic E-state index is 13.6. The molecule has 1 aliphatic rings. The van der Waals surface area contributed by atoms with Crippen LogP contribution in [0.3, 0.4) is 0 Å². The molecule has 2 atom stereocenters. The Morgan fingerprint density at radius 1 is 1.14 bits per heavy atom. The van der Waals surface area contributed by atoms with E-state index in [9.17, 15) is 31.5 Å². The maximum Gasteiger partial charge on any atom is 0.414 e. The summed E-state index contributed by atoms with van der Waals surface area (Å²) >= 11 is 0. The monoisotopic (exact) mass is 552 g/mol. The lowest BCUT2D eigenvalue weighted by Gasteiger charge is -2.25. The predicted molar refractivity (Wildman–Crippen MR) is 131 cm³/mol. The van der Waals surface area contributed by atoms with Crippen LogP contribution in [0.4, 0.5) is 22.5 Å². The number of nitrogens with one attached hydrogen (secondary N) is 4. The molecule has 13 heteroatoms. The van der Waals surface area contributed by atoms with Crippen LogP contribution in [0, 0.1) is 11.7 Å². The Bertz CT molecular complexity index is 917. The first-order valence-corrected chi connectivity index (χ1v) is 13.7. The van der Waals surface area contributed by atoms with Crippen molar-refractivity contribution in [1.82, 2.24) is 20.7 Å². The Kier molecular flexibility index (Phi) is 12.7. The van der Waals surface area contributed by atoms with Crippen LogP contribution < -0.4 is 20.7 Å². The number of alkyl halides is 2. The number of benzene rings is 1. The van der Waals surface area contributed by atoms with Crippen LogP contribution >= 0.6 is 0 Å². The summed E-state index contributed by atoms with van der Waals surface area (Å²) in [6.45, 7) is 4.31. The summed E-state index contributed by atoms with van der Waals surface area (Å²) < 4.78 is 67.7. The van der Waals surface area contributed by atoms with Crippen LogP contribution in [-0.2, 0) is 26.8 Å². The van der Waals surface area contributed by atoms with Crippen molar-refractivity contribution in [2.45, 2.75) is 88.3 Å². The minimum atomic E-state index is -4.45. The fourth-order valence-corrected chi connectivity index (χ4v) is 5.15. The van der Waals surface area contributed by atoms with E-state index in [-0.39, 0.29) is 37.0 Å². The average Bonchev–Trinajstić information content (AvgIpc) is 2.85. The SMILES string of the molecule is CC(C)CC(NC(=O)NC1CCCCC1)C(=O)NCCCCNS(=O)c1ccc(F)cc1C(F)(F)OF. The van der Waals surface area contributed by atoms with Gasteiger partial charge in [0.05, 0.1) is 10.5 Å². The van der Waals surface area contributed by atoms with Crippen molar-refractivity contribution in [3.8, 4) is 0 Å². The molecular formula is C24H36F4N4O4S. The molecule has 8 nitrogen and oxygen atoms in total. The molecule has 1 aromatic carbocycles. The molecule has 37 heavy (non-hydrogen) atoms. The zero-order chi connectivity index (χ0) is 27.4. The molecule has 1 saturated carbocycles. The van der Waals surface area contributed by atoms with Gasteiger partial charge in [0, 0.05) is 19.1 Å². The van der Waals surface area contributed by atoms with Crippen LogP contribution in [0.25, 0.3) is 0 Å². The minimum Gasteiger partial charge on any atom is -0.354 e. The predicted octanol–water partition coefficient (Wildman–Crippen LogP) is 4.33. The topological polar surface area (TPSA) is 109 Å². The number of hydrogen-bond donors (Lipinski definition) is 4. The number of carbonyl (C=O) groups is 2. The smallest absolute Gasteiger partial charge is 0.354 e. The molecule has 210 valence electrons. The number of rotatable bonds is 14. The molecule has 0 aromatic heterocycles. The Morgan fingerprint density at radius 3 is 2.46 bits per heavy atom. The first-order chi connectivity index (χ1) is 17.5. The highest BCUT2D eigenvalue weighted by Crippen LogP contribution is 2.34. The van der Waals surface area contributed by atoms with Gasteiger partial charge in [-0.25, -0.2) is 18.1 Å². The fourth-order valence-electron chi connectivity index (χ4n) is 4.10. The second-order valence-electron chi connectivity index (χ2n) is 9.53. The van der Waals surface area contributed by atoms with Gasteiger partial charge in [-0.2, -0.15) is 8.78 Å². The van der Waals surface area contributed by atoms with E-state index in [1.807, 2.05) is 13.8 Å². The molecule has 0 saturated heterocycles. The number of unbranched alkanes of at least 4 members (excludes halogenated alkanes) is 1. The molecule has 3 amide bonds. The van der Waals surface area contributed by atoms with Crippen molar-refractivity contribution in [2.24, 2.45) is 5.92 Å². The Morgan fingerprint density at radius 2 is 1.81 bits per heavy atom. The van der Waals surface area contributed by atoms with Crippen molar-refractivity contribution in [3.05, 3.63) is 29.6 Å². The van der Waals surface area contributed by atoms with Crippen LogP contribution in [0.15, 0.2) is 23.1 Å². The van der Waals surface area contributed by atoms with Crippen LogP contribution in [0.1, 0.15) is 70.8 Å². The number of urea groups is 1. The van der Waals surface area contributed by atoms with Gasteiger partial charge >= 0.3 is 12.1 Å². The van der Waals surface area contributed by atoms with Gasteiger partial charge in [0.1, 0.15) is 22.8 Å². The highest BCUT2D eigenvalue weighted by atomic mass is 32.2. The quantitative estimate of drug-likeness (QED) is 0.204. The zero-order valence-electron chi connectivity index (χ0n) is 21.1. The van der Waals surface area contributed by atoms with Crippen molar-refractivity contribution < 1.29 is 36.4 Å². The lowest BCUT2D eigenvalue weighted by atomic mass is 9.96. The Labute approximate surface area is 217 Å². The standard InChI is InChI=1S/C24H36F4N4O4S/c1-16(2)14-20(32-23(34)31-18-8-4-3-5-9-18)22(33)29-12-6-7-13-30-37(35)21-11-10-17(25)15-19(21)24(26,27)36-28/h10-11,15-16,18,20,30H,3-9,12-14H2,1-2H3,(H,29,33)(H2,31,32,34). The molecule has 4 N–H and O–H groups in total. The molecule has 0 spiro atoms. The van der Waals surface area contributed by atoms with Crippen LogP contribution in [0.2, 0.25) is 0 Å². The fraction of sp³-hybridized carbons (Fsp3) is 0.667. The molecule has 0 radical (unpaired) electrons. The lowest BCUT2D eigenvalue weighted by Crippen LogP contribution is -2.52. The summed E-state index contributed by atoms with van der Waals surface area (Å²) in [6.07, 6.45) is 2.09. The second kappa shape index (κ2) is 15.2. The maximum atomic E-state index is 13.6. The van der Waals surface area contributed by atoms with Crippen LogP contribution in [0.5, 0.6) is 0 Å². The normalized spacial score (nSPS) is 16.3. The molecule has 2 rings (SSSR count).